The van der Waals surface area contributed by atoms with Gasteiger partial charge in [-0.1, -0.05) is 41.9 Å². The molecule has 2 aromatic rings. The molecule has 0 aromatic heterocycles. The van der Waals surface area contributed by atoms with Crippen LogP contribution in [-0.4, -0.2) is 35.5 Å². The first-order valence-corrected chi connectivity index (χ1v) is 8.52. The molecule has 2 unspecified atom stereocenters. The molecule has 0 spiro atoms. The van der Waals surface area contributed by atoms with E-state index in [0.29, 0.717) is 10.6 Å². The summed E-state index contributed by atoms with van der Waals surface area (Å²) in [6, 6.07) is 10.4. The highest BCUT2D eigenvalue weighted by Gasteiger charge is 2.38. The van der Waals surface area contributed by atoms with Gasteiger partial charge in [-0.3, -0.25) is 9.59 Å². The molecular formula is C19H17ClF2N2O2. The number of anilines is 1. The molecule has 2 amide bonds. The molecular weight excluding hydrogens is 362 g/mol. The molecule has 2 aromatic carbocycles. The Kier molecular flexibility index (Phi) is 5.23. The molecule has 1 aliphatic rings. The zero-order valence-corrected chi connectivity index (χ0v) is 14.8. The van der Waals surface area contributed by atoms with Crippen molar-refractivity contribution in [3.63, 3.8) is 0 Å². The zero-order chi connectivity index (χ0) is 18.8. The number of nitrogens with zero attached hydrogens (tertiary/aromatic N) is 1. The molecule has 136 valence electrons. The molecule has 0 aliphatic carbocycles. The molecule has 1 aliphatic heterocycles. The van der Waals surface area contributed by atoms with Crippen molar-refractivity contribution < 1.29 is 18.4 Å². The van der Waals surface area contributed by atoms with E-state index in [2.05, 4.69) is 5.32 Å². The fraction of sp³-hybridized carbons (Fsp3) is 0.263. The van der Waals surface area contributed by atoms with Gasteiger partial charge >= 0.3 is 0 Å². The van der Waals surface area contributed by atoms with Gasteiger partial charge in [0.2, 0.25) is 11.8 Å². The highest BCUT2D eigenvalue weighted by atomic mass is 35.5. The topological polar surface area (TPSA) is 49.4 Å². The van der Waals surface area contributed by atoms with Crippen molar-refractivity contribution in [1.82, 2.24) is 4.90 Å². The van der Waals surface area contributed by atoms with E-state index in [1.165, 1.54) is 13.0 Å². The summed E-state index contributed by atoms with van der Waals surface area (Å²) >= 11 is 6.12. The lowest BCUT2D eigenvalue weighted by Gasteiger charge is -2.22. The lowest BCUT2D eigenvalue weighted by atomic mass is 10.0. The summed E-state index contributed by atoms with van der Waals surface area (Å²) in [5.74, 6) is -1.65. The van der Waals surface area contributed by atoms with Crippen LogP contribution in [0.3, 0.4) is 0 Å². The fourth-order valence-electron chi connectivity index (χ4n) is 3.11. The third-order valence-corrected chi connectivity index (χ3v) is 4.71. The number of hydrogen-bond acceptors (Lipinski definition) is 2. The molecule has 7 heteroatoms. The number of amides is 2. The van der Waals surface area contributed by atoms with E-state index in [-0.39, 0.29) is 24.2 Å². The maximum Gasteiger partial charge on any atom is 0.247 e. The van der Waals surface area contributed by atoms with Gasteiger partial charge in [0, 0.05) is 29.5 Å². The zero-order valence-electron chi connectivity index (χ0n) is 14.0. The summed E-state index contributed by atoms with van der Waals surface area (Å²) in [6.07, 6.45) is -1.37. The summed E-state index contributed by atoms with van der Waals surface area (Å²) in [7, 11) is 0. The van der Waals surface area contributed by atoms with Crippen LogP contribution in [0.5, 0.6) is 0 Å². The molecule has 1 saturated heterocycles. The van der Waals surface area contributed by atoms with Crippen molar-refractivity contribution >= 4 is 29.1 Å². The lowest BCUT2D eigenvalue weighted by Crippen LogP contribution is -2.42. The number of alkyl halides is 1. The fourth-order valence-corrected chi connectivity index (χ4v) is 3.35. The predicted molar refractivity (Wildman–Crippen MR) is 96.2 cm³/mol. The van der Waals surface area contributed by atoms with Crippen LogP contribution in [0.25, 0.3) is 11.1 Å². The normalized spacial score (nSPS) is 19.5. The maximum absolute atomic E-state index is 14.9. The third-order valence-electron chi connectivity index (χ3n) is 4.38. The van der Waals surface area contributed by atoms with Crippen LogP contribution >= 0.6 is 11.6 Å². The van der Waals surface area contributed by atoms with E-state index in [4.69, 9.17) is 11.6 Å². The van der Waals surface area contributed by atoms with Gasteiger partial charge in [-0.2, -0.15) is 0 Å². The summed E-state index contributed by atoms with van der Waals surface area (Å²) < 4.78 is 28.5. The van der Waals surface area contributed by atoms with Crippen molar-refractivity contribution in [2.45, 2.75) is 25.6 Å². The van der Waals surface area contributed by atoms with Crippen LogP contribution in [0, 0.1) is 5.82 Å². The Balaban J connectivity index is 1.87. The summed E-state index contributed by atoms with van der Waals surface area (Å²) in [5.41, 5.74) is 0.697. The molecule has 26 heavy (non-hydrogen) atoms. The largest absolute Gasteiger partial charge is 0.328 e. The highest BCUT2D eigenvalue weighted by Crippen LogP contribution is 2.33. The Hall–Kier alpha value is -2.47. The summed E-state index contributed by atoms with van der Waals surface area (Å²) in [4.78, 5) is 25.2. The van der Waals surface area contributed by atoms with Gasteiger partial charge in [-0.15, -0.1) is 0 Å². The average molecular weight is 379 g/mol. The SMILES string of the molecule is CC(=O)N1CC(F)CC1C(=O)Nc1cccc(-c2ccccc2Cl)c1F. The van der Waals surface area contributed by atoms with Gasteiger partial charge in [0.05, 0.1) is 12.2 Å². The van der Waals surface area contributed by atoms with Gasteiger partial charge in [-0.05, 0) is 12.1 Å². The molecule has 3 rings (SSSR count). The lowest BCUT2D eigenvalue weighted by molar-refractivity contribution is -0.134. The van der Waals surface area contributed by atoms with E-state index >= 15 is 0 Å². The minimum atomic E-state index is -1.27. The number of hydrogen-bond donors (Lipinski definition) is 1. The van der Waals surface area contributed by atoms with Crippen LogP contribution in [-0.2, 0) is 9.59 Å². The van der Waals surface area contributed by atoms with Gasteiger partial charge < -0.3 is 10.2 Å². The Labute approximate surface area is 154 Å². The van der Waals surface area contributed by atoms with E-state index in [1.54, 1.807) is 36.4 Å². The van der Waals surface area contributed by atoms with Crippen molar-refractivity contribution in [3.8, 4) is 11.1 Å². The monoisotopic (exact) mass is 378 g/mol. The summed E-state index contributed by atoms with van der Waals surface area (Å²) in [5, 5.41) is 2.85. The number of halogens is 3. The van der Waals surface area contributed by atoms with E-state index < -0.39 is 29.8 Å². The Morgan fingerprint density at radius 3 is 2.54 bits per heavy atom. The predicted octanol–water partition coefficient (Wildman–Crippen LogP) is 4.04. The molecule has 4 nitrogen and oxygen atoms in total. The Morgan fingerprint density at radius 1 is 1.15 bits per heavy atom. The first-order chi connectivity index (χ1) is 12.4. The van der Waals surface area contributed by atoms with E-state index in [0.717, 1.165) is 4.90 Å². The van der Waals surface area contributed by atoms with Crippen LogP contribution in [0.1, 0.15) is 13.3 Å². The first kappa shape index (κ1) is 18.3. The van der Waals surface area contributed by atoms with Crippen LogP contribution in [0.2, 0.25) is 5.02 Å². The quantitative estimate of drug-likeness (QED) is 0.876. The van der Waals surface area contributed by atoms with Crippen molar-refractivity contribution in [2.24, 2.45) is 0 Å². The number of carbonyl (C=O) groups is 2. The van der Waals surface area contributed by atoms with Gasteiger partial charge in [-0.25, -0.2) is 8.78 Å². The molecule has 1 N–H and O–H groups in total. The number of likely N-dealkylation sites (tertiary alicyclic amines) is 1. The molecule has 2 atom stereocenters. The second-order valence-corrected chi connectivity index (χ2v) is 6.56. The molecule has 0 saturated carbocycles. The maximum atomic E-state index is 14.9. The highest BCUT2D eigenvalue weighted by molar-refractivity contribution is 6.33. The molecule has 1 fully saturated rings. The average Bonchev–Trinajstić information content (AvgIpc) is 3.00. The standard InChI is InChI=1S/C19H17ClF2N2O2/c1-11(25)24-10-12(21)9-17(24)19(26)23-16-8-4-6-14(18(16)22)13-5-2-3-7-15(13)20/h2-8,12,17H,9-10H2,1H3,(H,23,26). The minimum Gasteiger partial charge on any atom is -0.328 e. The van der Waals surface area contributed by atoms with Crippen molar-refractivity contribution in [2.75, 3.05) is 11.9 Å². The van der Waals surface area contributed by atoms with Crippen LogP contribution < -0.4 is 5.32 Å². The van der Waals surface area contributed by atoms with E-state index in [9.17, 15) is 18.4 Å². The van der Waals surface area contributed by atoms with Gasteiger partial charge in [0.25, 0.3) is 0 Å². The molecule has 0 radical (unpaired) electrons. The molecule has 0 bridgehead atoms. The summed E-state index contributed by atoms with van der Waals surface area (Å²) in [6.45, 7) is 1.15. The smallest absolute Gasteiger partial charge is 0.247 e. The Morgan fingerprint density at radius 2 is 1.85 bits per heavy atom. The van der Waals surface area contributed by atoms with Crippen molar-refractivity contribution in [1.29, 1.82) is 0 Å². The second-order valence-electron chi connectivity index (χ2n) is 6.16. The minimum absolute atomic E-state index is 0.0433. The van der Waals surface area contributed by atoms with Crippen molar-refractivity contribution in [3.05, 3.63) is 53.3 Å². The number of rotatable bonds is 3. The van der Waals surface area contributed by atoms with Crippen LogP contribution in [0.4, 0.5) is 14.5 Å². The number of carbonyl (C=O) groups excluding carboxylic acids is 2. The van der Waals surface area contributed by atoms with Crippen LogP contribution in [0.15, 0.2) is 42.5 Å². The number of benzene rings is 2. The second kappa shape index (κ2) is 7.41. The number of nitrogens with one attached hydrogen (secondary N) is 1. The van der Waals surface area contributed by atoms with E-state index in [1.807, 2.05) is 0 Å². The molecule has 1 heterocycles. The van der Waals surface area contributed by atoms with Gasteiger partial charge in [0.15, 0.2) is 5.82 Å². The van der Waals surface area contributed by atoms with Gasteiger partial charge in [0.1, 0.15) is 12.2 Å². The first-order valence-electron chi connectivity index (χ1n) is 8.14. The third kappa shape index (κ3) is 3.55. The Bertz CT molecular complexity index is 859.